The Bertz CT molecular complexity index is 645. The summed E-state index contributed by atoms with van der Waals surface area (Å²) in [5.74, 6) is 0.123. The molecule has 2 N–H and O–H groups in total. The minimum Gasteiger partial charge on any atom is -0.381 e. The van der Waals surface area contributed by atoms with Crippen molar-refractivity contribution in [2.75, 3.05) is 30.8 Å². The molecule has 3 aliphatic rings. The van der Waals surface area contributed by atoms with Gasteiger partial charge in [0.1, 0.15) is 0 Å². The smallest absolute Gasteiger partial charge is 0.227 e. The van der Waals surface area contributed by atoms with Crippen LogP contribution in [0.5, 0.6) is 0 Å². The molecule has 1 aromatic carbocycles. The van der Waals surface area contributed by atoms with Gasteiger partial charge in [0.25, 0.3) is 0 Å². The maximum absolute atomic E-state index is 12.6. The third-order valence-corrected chi connectivity index (χ3v) is 5.48. The summed E-state index contributed by atoms with van der Waals surface area (Å²) in [6.45, 7) is 2.23. The largest absolute Gasteiger partial charge is 0.381 e. The van der Waals surface area contributed by atoms with Crippen LogP contribution in [-0.4, -0.2) is 42.6 Å². The number of piperidine rings is 1. The summed E-state index contributed by atoms with van der Waals surface area (Å²) in [4.78, 5) is 14.9. The molecule has 1 amide bonds. The molecule has 0 bridgehead atoms. The zero-order chi connectivity index (χ0) is 16.6. The average Bonchev–Trinajstić information content (AvgIpc) is 3.20. The van der Waals surface area contributed by atoms with Crippen molar-refractivity contribution in [1.29, 1.82) is 0 Å². The first-order valence-corrected chi connectivity index (χ1v) is 8.93. The molecule has 6 nitrogen and oxygen atoms in total. The average molecular weight is 327 g/mol. The lowest BCUT2D eigenvalue weighted by atomic mass is 10.0. The fourth-order valence-corrected chi connectivity index (χ4v) is 3.81. The summed E-state index contributed by atoms with van der Waals surface area (Å²) in [6, 6.07) is 8.48. The van der Waals surface area contributed by atoms with Crippen LogP contribution in [0.3, 0.4) is 0 Å². The van der Waals surface area contributed by atoms with E-state index in [0.717, 1.165) is 56.6 Å². The van der Waals surface area contributed by atoms with Gasteiger partial charge in [-0.15, -0.1) is 0 Å². The van der Waals surface area contributed by atoms with Crippen molar-refractivity contribution < 1.29 is 4.79 Å². The first kappa shape index (κ1) is 15.6. The van der Waals surface area contributed by atoms with E-state index < -0.39 is 0 Å². The number of amides is 1. The fraction of sp³-hybridized carbons (Fsp3) is 0.611. The lowest BCUT2D eigenvalue weighted by Gasteiger charge is -2.30. The molecule has 24 heavy (non-hydrogen) atoms. The van der Waals surface area contributed by atoms with E-state index in [1.807, 2.05) is 18.2 Å². The Kier molecular flexibility index (Phi) is 4.00. The number of carbonyl (C=O) groups is 1. The van der Waals surface area contributed by atoms with Gasteiger partial charge >= 0.3 is 0 Å². The van der Waals surface area contributed by atoms with Crippen molar-refractivity contribution >= 4 is 17.3 Å². The zero-order valence-corrected chi connectivity index (χ0v) is 14.2. The van der Waals surface area contributed by atoms with Gasteiger partial charge in [-0.05, 0) is 58.0 Å². The van der Waals surface area contributed by atoms with E-state index >= 15 is 0 Å². The Morgan fingerprint density at radius 3 is 2.54 bits per heavy atom. The van der Waals surface area contributed by atoms with Crippen molar-refractivity contribution in [3.05, 3.63) is 24.3 Å². The van der Waals surface area contributed by atoms with Gasteiger partial charge in [-0.25, -0.2) is 0 Å². The predicted octanol–water partition coefficient (Wildman–Crippen LogP) is 3.09. The Morgan fingerprint density at radius 1 is 1.17 bits per heavy atom. The van der Waals surface area contributed by atoms with Crippen molar-refractivity contribution in [2.45, 2.75) is 43.8 Å². The number of para-hydroxylation sites is 2. The van der Waals surface area contributed by atoms with Gasteiger partial charge in [0.15, 0.2) is 5.66 Å². The van der Waals surface area contributed by atoms with E-state index in [1.54, 1.807) is 0 Å². The number of carbonyl (C=O) groups excluding carboxylic acids is 1. The molecular weight excluding hydrogens is 302 g/mol. The van der Waals surface area contributed by atoms with E-state index in [2.05, 4.69) is 38.9 Å². The number of rotatable bonds is 4. The predicted molar refractivity (Wildman–Crippen MR) is 94.1 cm³/mol. The SMILES string of the molecule is CN1CCC(Nc2ccccc2NC(=O)C2CCC3(C2)N=N3)CC1. The monoisotopic (exact) mass is 327 g/mol. The fourth-order valence-electron chi connectivity index (χ4n) is 3.81. The number of anilines is 2. The molecule has 6 heteroatoms. The number of likely N-dealkylation sites (tertiary alicyclic amines) is 1. The maximum atomic E-state index is 12.6. The highest BCUT2D eigenvalue weighted by molar-refractivity contribution is 5.96. The highest BCUT2D eigenvalue weighted by Gasteiger charge is 2.49. The second-order valence-electron chi connectivity index (χ2n) is 7.38. The van der Waals surface area contributed by atoms with Crippen LogP contribution in [-0.2, 0) is 4.79 Å². The molecule has 0 radical (unpaired) electrons. The molecule has 1 unspecified atom stereocenters. The normalized spacial score (nSPS) is 25.8. The first-order chi connectivity index (χ1) is 11.6. The Labute approximate surface area is 142 Å². The van der Waals surface area contributed by atoms with Crippen molar-refractivity contribution in [3.63, 3.8) is 0 Å². The topological polar surface area (TPSA) is 69.1 Å². The van der Waals surface area contributed by atoms with Crippen LogP contribution in [0.2, 0.25) is 0 Å². The molecule has 2 fully saturated rings. The van der Waals surface area contributed by atoms with Gasteiger partial charge < -0.3 is 15.5 Å². The van der Waals surface area contributed by atoms with E-state index in [9.17, 15) is 4.79 Å². The molecule has 4 rings (SSSR count). The van der Waals surface area contributed by atoms with Crippen molar-refractivity contribution in [1.82, 2.24) is 4.90 Å². The molecule has 1 atom stereocenters. The Hall–Kier alpha value is -1.95. The third kappa shape index (κ3) is 3.29. The van der Waals surface area contributed by atoms with Crippen molar-refractivity contribution in [3.8, 4) is 0 Å². The van der Waals surface area contributed by atoms with Gasteiger partial charge in [0, 0.05) is 18.4 Å². The second kappa shape index (κ2) is 6.16. The van der Waals surface area contributed by atoms with E-state index in [-0.39, 0.29) is 17.5 Å². The summed E-state index contributed by atoms with van der Waals surface area (Å²) in [5.41, 5.74) is 1.70. The van der Waals surface area contributed by atoms with E-state index in [1.165, 1.54) is 0 Å². The molecule has 128 valence electrons. The van der Waals surface area contributed by atoms with Crippen LogP contribution in [0.15, 0.2) is 34.5 Å². The van der Waals surface area contributed by atoms with E-state index in [0.29, 0.717) is 6.04 Å². The summed E-state index contributed by atoms with van der Waals surface area (Å²) in [5, 5.41) is 14.9. The van der Waals surface area contributed by atoms with Gasteiger partial charge in [-0.2, -0.15) is 10.2 Å². The summed E-state index contributed by atoms with van der Waals surface area (Å²) < 4.78 is 0. The molecule has 1 saturated carbocycles. The number of hydrogen-bond donors (Lipinski definition) is 2. The standard InChI is InChI=1S/C18H25N5O/c1-23-10-7-14(8-11-23)19-15-4-2-3-5-16(15)20-17(24)13-6-9-18(12-13)21-22-18/h2-5,13-14,19H,6-12H2,1H3,(H,20,24). The molecule has 2 aliphatic heterocycles. The van der Waals surface area contributed by atoms with Crippen LogP contribution in [0.1, 0.15) is 32.1 Å². The molecule has 1 aliphatic carbocycles. The van der Waals surface area contributed by atoms with Crippen LogP contribution in [0.4, 0.5) is 11.4 Å². The quantitative estimate of drug-likeness (QED) is 0.893. The molecule has 2 heterocycles. The first-order valence-electron chi connectivity index (χ1n) is 8.93. The van der Waals surface area contributed by atoms with Gasteiger partial charge in [0.05, 0.1) is 11.4 Å². The summed E-state index contributed by atoms with van der Waals surface area (Å²) in [7, 11) is 2.16. The van der Waals surface area contributed by atoms with Crippen LogP contribution in [0, 0.1) is 5.92 Å². The third-order valence-electron chi connectivity index (χ3n) is 5.48. The minimum absolute atomic E-state index is 0.0244. The second-order valence-corrected chi connectivity index (χ2v) is 7.38. The molecule has 1 spiro atoms. The lowest BCUT2D eigenvalue weighted by Crippen LogP contribution is -2.36. The summed E-state index contributed by atoms with van der Waals surface area (Å²) in [6.07, 6.45) is 4.83. The highest BCUT2D eigenvalue weighted by atomic mass is 16.1. The Morgan fingerprint density at radius 2 is 1.88 bits per heavy atom. The van der Waals surface area contributed by atoms with Gasteiger partial charge in [-0.1, -0.05) is 12.1 Å². The lowest BCUT2D eigenvalue weighted by molar-refractivity contribution is -0.119. The minimum atomic E-state index is -0.200. The molecule has 1 saturated heterocycles. The van der Waals surface area contributed by atoms with Gasteiger partial charge in [0.2, 0.25) is 5.91 Å². The molecule has 0 aromatic heterocycles. The van der Waals surface area contributed by atoms with E-state index in [4.69, 9.17) is 0 Å². The van der Waals surface area contributed by atoms with Crippen LogP contribution < -0.4 is 10.6 Å². The molecule has 1 aromatic rings. The van der Waals surface area contributed by atoms with Crippen molar-refractivity contribution in [2.24, 2.45) is 16.1 Å². The van der Waals surface area contributed by atoms with Gasteiger partial charge in [-0.3, -0.25) is 4.79 Å². The number of nitrogens with one attached hydrogen (secondary N) is 2. The Balaban J connectivity index is 1.39. The molecular formula is C18H25N5O. The number of hydrogen-bond acceptors (Lipinski definition) is 5. The maximum Gasteiger partial charge on any atom is 0.227 e. The number of nitrogens with zero attached hydrogens (tertiary/aromatic N) is 3. The zero-order valence-electron chi connectivity index (χ0n) is 14.2. The van der Waals surface area contributed by atoms with Crippen LogP contribution in [0.25, 0.3) is 0 Å². The summed E-state index contributed by atoms with van der Waals surface area (Å²) >= 11 is 0. The van der Waals surface area contributed by atoms with Crippen LogP contribution >= 0.6 is 0 Å². The number of benzene rings is 1. The highest BCUT2D eigenvalue weighted by Crippen LogP contribution is 2.47.